The number of hydrogen-bond donors (Lipinski definition) is 1. The lowest BCUT2D eigenvalue weighted by Crippen LogP contribution is -2.48. The van der Waals surface area contributed by atoms with E-state index in [1.54, 1.807) is 10.4 Å². The van der Waals surface area contributed by atoms with Crippen molar-refractivity contribution in [1.29, 1.82) is 0 Å². The smallest absolute Gasteiger partial charge is 0.243 e. The second kappa shape index (κ2) is 10.8. The molecule has 3 aliphatic rings. The molecule has 1 amide bonds. The molecule has 188 valence electrons. The molecule has 1 N–H and O–H groups in total. The van der Waals surface area contributed by atoms with Crippen molar-refractivity contribution in [2.24, 2.45) is 5.92 Å². The highest BCUT2D eigenvalue weighted by Crippen LogP contribution is 2.28. The first kappa shape index (κ1) is 24.5. The number of likely N-dealkylation sites (tertiary alicyclic amines) is 1. The van der Waals surface area contributed by atoms with Gasteiger partial charge >= 0.3 is 0 Å². The minimum Gasteiger partial charge on any atom is -0.353 e. The molecular weight excluding hydrogens is 458 g/mol. The molecule has 0 radical (unpaired) electrons. The third kappa shape index (κ3) is 5.79. The summed E-state index contributed by atoms with van der Waals surface area (Å²) in [5, 5.41) is 3.26. The number of aryl methyl sites for hydroxylation is 2. The van der Waals surface area contributed by atoms with E-state index in [9.17, 15) is 13.2 Å². The number of hydrogen-bond acceptors (Lipinski definition) is 4. The monoisotopic (exact) mass is 495 g/mol. The predicted octanol–water partition coefficient (Wildman–Crippen LogP) is 3.75. The van der Waals surface area contributed by atoms with Crippen molar-refractivity contribution >= 4 is 15.9 Å². The van der Waals surface area contributed by atoms with E-state index in [0.717, 1.165) is 51.7 Å². The summed E-state index contributed by atoms with van der Waals surface area (Å²) in [6.07, 6.45) is 7.42. The fourth-order valence-corrected chi connectivity index (χ4v) is 7.29. The first-order valence-electron chi connectivity index (χ1n) is 13.2. The minimum atomic E-state index is -3.51. The normalized spacial score (nSPS) is 20.9. The van der Waals surface area contributed by atoms with Gasteiger partial charge in [-0.15, -0.1) is 0 Å². The van der Waals surface area contributed by atoms with Crippen molar-refractivity contribution in [3.05, 3.63) is 65.2 Å². The van der Waals surface area contributed by atoms with Gasteiger partial charge in [0.25, 0.3) is 0 Å². The zero-order valence-corrected chi connectivity index (χ0v) is 21.3. The highest BCUT2D eigenvalue weighted by atomic mass is 32.2. The Labute approximate surface area is 209 Å². The van der Waals surface area contributed by atoms with Crippen molar-refractivity contribution in [2.45, 2.75) is 68.8 Å². The van der Waals surface area contributed by atoms with Crippen LogP contribution in [0.3, 0.4) is 0 Å². The van der Waals surface area contributed by atoms with Gasteiger partial charge in [-0.1, -0.05) is 36.4 Å². The number of piperidine rings is 2. The van der Waals surface area contributed by atoms with Crippen molar-refractivity contribution in [1.82, 2.24) is 14.5 Å². The Morgan fingerprint density at radius 2 is 1.54 bits per heavy atom. The van der Waals surface area contributed by atoms with Gasteiger partial charge in [-0.25, -0.2) is 8.42 Å². The van der Waals surface area contributed by atoms with Gasteiger partial charge in [-0.2, -0.15) is 4.31 Å². The summed E-state index contributed by atoms with van der Waals surface area (Å²) in [4.78, 5) is 15.8. The molecule has 2 aromatic rings. The average Bonchev–Trinajstić information content (AvgIpc) is 2.90. The summed E-state index contributed by atoms with van der Waals surface area (Å²) >= 11 is 0. The second-order valence-electron chi connectivity index (χ2n) is 10.4. The summed E-state index contributed by atoms with van der Waals surface area (Å²) in [6, 6.07) is 16.4. The van der Waals surface area contributed by atoms with Gasteiger partial charge in [0.05, 0.1) is 4.90 Å². The molecule has 0 aromatic heterocycles. The number of rotatable bonds is 6. The van der Waals surface area contributed by atoms with Crippen LogP contribution in [-0.4, -0.2) is 55.8 Å². The maximum Gasteiger partial charge on any atom is 0.243 e. The van der Waals surface area contributed by atoms with Crippen molar-refractivity contribution < 1.29 is 13.2 Å². The van der Waals surface area contributed by atoms with Gasteiger partial charge in [0, 0.05) is 44.7 Å². The summed E-state index contributed by atoms with van der Waals surface area (Å²) in [5.41, 5.74) is 3.80. The maximum absolute atomic E-state index is 13.2. The highest BCUT2D eigenvalue weighted by Gasteiger charge is 2.33. The number of amides is 1. The number of nitrogens with zero attached hydrogens (tertiary/aromatic N) is 2. The molecule has 0 atom stereocenters. The minimum absolute atomic E-state index is 0.0948. The van der Waals surface area contributed by atoms with E-state index in [1.165, 1.54) is 23.1 Å². The van der Waals surface area contributed by atoms with Crippen molar-refractivity contribution in [3.63, 3.8) is 0 Å². The Bertz CT molecular complexity index is 1120. The molecule has 2 aliphatic heterocycles. The van der Waals surface area contributed by atoms with E-state index in [0.29, 0.717) is 30.8 Å². The van der Waals surface area contributed by atoms with Crippen LogP contribution in [-0.2, 0) is 34.2 Å². The number of nitrogens with one attached hydrogen (secondary N) is 1. The molecule has 0 spiro atoms. The van der Waals surface area contributed by atoms with Crippen molar-refractivity contribution in [3.8, 4) is 0 Å². The van der Waals surface area contributed by atoms with E-state index in [2.05, 4.69) is 34.5 Å². The van der Waals surface area contributed by atoms with Gasteiger partial charge in [0.1, 0.15) is 0 Å². The predicted molar refractivity (Wildman–Crippen MR) is 137 cm³/mol. The van der Waals surface area contributed by atoms with Crippen LogP contribution in [0.4, 0.5) is 0 Å². The van der Waals surface area contributed by atoms with Crippen LogP contribution in [0.1, 0.15) is 55.2 Å². The Morgan fingerprint density at radius 3 is 2.26 bits per heavy atom. The van der Waals surface area contributed by atoms with Gasteiger partial charge in [0.15, 0.2) is 0 Å². The summed E-state index contributed by atoms with van der Waals surface area (Å²) in [7, 11) is -3.51. The van der Waals surface area contributed by atoms with E-state index in [-0.39, 0.29) is 17.9 Å². The molecule has 2 aromatic carbocycles. The summed E-state index contributed by atoms with van der Waals surface area (Å²) in [6.45, 7) is 3.74. The van der Waals surface area contributed by atoms with Gasteiger partial charge in [-0.05, 0) is 80.2 Å². The number of carbonyl (C=O) groups excluding carboxylic acids is 1. The summed E-state index contributed by atoms with van der Waals surface area (Å²) in [5.74, 6) is -0.00957. The van der Waals surface area contributed by atoms with Gasteiger partial charge < -0.3 is 5.32 Å². The van der Waals surface area contributed by atoms with E-state index < -0.39 is 10.0 Å². The standard InChI is InChI=1S/C28H37N3O3S/c32-28(29-26-14-16-30(17-15-26)21-22-6-2-1-3-7-22)24-12-18-31(19-13-24)35(33,34)27-11-10-23-8-4-5-9-25(23)20-27/h1-3,6-7,10-11,20,24,26H,4-5,8-9,12-19,21H2,(H,29,32). The lowest BCUT2D eigenvalue weighted by molar-refractivity contribution is -0.127. The summed E-state index contributed by atoms with van der Waals surface area (Å²) < 4.78 is 28.1. The first-order valence-corrected chi connectivity index (χ1v) is 14.6. The number of fused-ring (bicyclic) bond motifs is 1. The maximum atomic E-state index is 13.2. The zero-order chi connectivity index (χ0) is 24.3. The topological polar surface area (TPSA) is 69.7 Å². The third-order valence-electron chi connectivity index (χ3n) is 7.97. The van der Waals surface area contributed by atoms with Crippen LogP contribution in [0.15, 0.2) is 53.4 Å². The molecule has 35 heavy (non-hydrogen) atoms. The van der Waals surface area contributed by atoms with Crippen molar-refractivity contribution in [2.75, 3.05) is 26.2 Å². The molecule has 0 unspecified atom stereocenters. The van der Waals surface area contributed by atoms with E-state index in [4.69, 9.17) is 0 Å². The fourth-order valence-electron chi connectivity index (χ4n) is 5.77. The number of benzene rings is 2. The first-order chi connectivity index (χ1) is 17.0. The Morgan fingerprint density at radius 1 is 0.857 bits per heavy atom. The fraction of sp³-hybridized carbons (Fsp3) is 0.536. The zero-order valence-electron chi connectivity index (χ0n) is 20.5. The Balaban J connectivity index is 1.09. The lowest BCUT2D eigenvalue weighted by Gasteiger charge is -2.35. The Hall–Kier alpha value is -2.22. The van der Waals surface area contributed by atoms with Crippen LogP contribution < -0.4 is 5.32 Å². The molecule has 6 nitrogen and oxygen atoms in total. The van der Waals surface area contributed by atoms with Crippen LogP contribution >= 0.6 is 0 Å². The largest absolute Gasteiger partial charge is 0.353 e. The Kier molecular flexibility index (Phi) is 7.56. The van der Waals surface area contributed by atoms with Gasteiger partial charge in [0.2, 0.25) is 15.9 Å². The van der Waals surface area contributed by atoms with Crippen LogP contribution in [0.5, 0.6) is 0 Å². The number of sulfonamides is 1. The molecule has 2 heterocycles. The molecule has 5 rings (SSSR count). The molecule has 2 fully saturated rings. The SMILES string of the molecule is O=C(NC1CCN(Cc2ccccc2)CC1)C1CCN(S(=O)(=O)c2ccc3c(c2)CCCC3)CC1. The van der Waals surface area contributed by atoms with Crippen LogP contribution in [0.2, 0.25) is 0 Å². The quantitative estimate of drug-likeness (QED) is 0.663. The van der Waals surface area contributed by atoms with E-state index >= 15 is 0 Å². The lowest BCUT2D eigenvalue weighted by atomic mass is 9.92. The van der Waals surface area contributed by atoms with Crippen LogP contribution in [0.25, 0.3) is 0 Å². The number of carbonyl (C=O) groups is 1. The molecule has 2 saturated heterocycles. The van der Waals surface area contributed by atoms with E-state index in [1.807, 2.05) is 18.2 Å². The molecule has 0 bridgehead atoms. The molecule has 0 saturated carbocycles. The van der Waals surface area contributed by atoms with Gasteiger partial charge in [-0.3, -0.25) is 9.69 Å². The highest BCUT2D eigenvalue weighted by molar-refractivity contribution is 7.89. The molecule has 1 aliphatic carbocycles. The van der Waals surface area contributed by atoms with Crippen LogP contribution in [0, 0.1) is 5.92 Å². The molecular formula is C28H37N3O3S. The third-order valence-corrected chi connectivity index (χ3v) is 9.86. The average molecular weight is 496 g/mol. The molecule has 7 heteroatoms. The second-order valence-corrected chi connectivity index (χ2v) is 12.3.